The molecule has 0 radical (unpaired) electrons. The average molecular weight is 281 g/mol. The first kappa shape index (κ1) is 13.7. The van der Waals surface area contributed by atoms with Crippen molar-refractivity contribution in [3.8, 4) is 5.75 Å². The quantitative estimate of drug-likeness (QED) is 0.805. The maximum absolute atomic E-state index is 12.6. The number of hydrogen-bond acceptors (Lipinski definition) is 3. The number of fused-ring (bicyclic) bond motifs is 1. The van der Waals surface area contributed by atoms with E-state index < -0.39 is 0 Å². The Balaban J connectivity index is 1.85. The molecule has 1 unspecified atom stereocenters. The predicted octanol–water partition coefficient (Wildman–Crippen LogP) is 3.33. The Bertz CT molecular complexity index is 666. The van der Waals surface area contributed by atoms with Gasteiger partial charge in [-0.25, -0.2) is 0 Å². The van der Waals surface area contributed by atoms with E-state index in [-0.39, 0.29) is 5.78 Å². The van der Waals surface area contributed by atoms with E-state index in [0.29, 0.717) is 23.9 Å². The molecule has 3 rings (SSSR count). The molecule has 108 valence electrons. The Morgan fingerprint density at radius 2 is 1.90 bits per heavy atom. The van der Waals surface area contributed by atoms with E-state index in [9.17, 15) is 4.79 Å². The molecule has 1 aliphatic rings. The smallest absolute Gasteiger partial charge is 0.185 e. The lowest BCUT2D eigenvalue weighted by Crippen LogP contribution is -2.34. The summed E-state index contributed by atoms with van der Waals surface area (Å²) in [5.41, 5.74) is 3.14. The van der Waals surface area contributed by atoms with E-state index in [1.165, 1.54) is 11.3 Å². The van der Waals surface area contributed by atoms with Crippen molar-refractivity contribution in [3.63, 3.8) is 0 Å². The Kier molecular flexibility index (Phi) is 3.65. The minimum Gasteiger partial charge on any atom is -0.496 e. The fraction of sp³-hybridized carbons (Fsp3) is 0.278. The summed E-state index contributed by atoms with van der Waals surface area (Å²) >= 11 is 0. The number of rotatable bonds is 4. The molecule has 2 aromatic rings. The van der Waals surface area contributed by atoms with Gasteiger partial charge in [0.05, 0.1) is 19.2 Å². The molecule has 2 aromatic carbocycles. The zero-order valence-electron chi connectivity index (χ0n) is 12.4. The van der Waals surface area contributed by atoms with Gasteiger partial charge in [-0.1, -0.05) is 30.3 Å². The summed E-state index contributed by atoms with van der Waals surface area (Å²) in [5.74, 6) is 0.735. The normalized spacial score (nSPS) is 16.7. The highest BCUT2D eigenvalue weighted by molar-refractivity contribution is 6.01. The summed E-state index contributed by atoms with van der Waals surface area (Å²) in [6.07, 6.45) is 0.995. The van der Waals surface area contributed by atoms with Crippen LogP contribution in [0.3, 0.4) is 0 Å². The maximum Gasteiger partial charge on any atom is 0.185 e. The van der Waals surface area contributed by atoms with Gasteiger partial charge in [0, 0.05) is 11.7 Å². The third-order valence-electron chi connectivity index (χ3n) is 4.07. The van der Waals surface area contributed by atoms with E-state index >= 15 is 0 Å². The van der Waals surface area contributed by atoms with Gasteiger partial charge < -0.3 is 9.64 Å². The van der Waals surface area contributed by atoms with Crippen LogP contribution in [-0.2, 0) is 6.42 Å². The van der Waals surface area contributed by atoms with Crippen molar-refractivity contribution in [2.45, 2.75) is 19.4 Å². The first-order valence-electron chi connectivity index (χ1n) is 7.21. The summed E-state index contributed by atoms with van der Waals surface area (Å²) in [4.78, 5) is 14.8. The molecule has 0 bridgehead atoms. The van der Waals surface area contributed by atoms with Gasteiger partial charge in [0.15, 0.2) is 5.78 Å². The lowest BCUT2D eigenvalue weighted by molar-refractivity contribution is 0.0994. The standard InChI is InChI=1S/C18H19NO2/c1-13-11-14-7-3-5-9-16(14)19(13)12-17(20)15-8-4-6-10-18(15)21-2/h3-10,13H,11-12H2,1-2H3. The van der Waals surface area contributed by atoms with Crippen LogP contribution in [0.25, 0.3) is 0 Å². The largest absolute Gasteiger partial charge is 0.496 e. The zero-order valence-corrected chi connectivity index (χ0v) is 12.4. The topological polar surface area (TPSA) is 29.5 Å². The Labute approximate surface area is 125 Å². The van der Waals surface area contributed by atoms with Crippen molar-refractivity contribution in [2.75, 3.05) is 18.6 Å². The molecule has 1 aliphatic heterocycles. The number of methoxy groups -OCH3 is 1. The second-order valence-electron chi connectivity index (χ2n) is 5.43. The van der Waals surface area contributed by atoms with Crippen LogP contribution in [-0.4, -0.2) is 25.5 Å². The first-order chi connectivity index (χ1) is 10.2. The molecular formula is C18H19NO2. The number of Topliss-reactive ketones (excluding diaryl/α,β-unsaturated/α-hetero) is 1. The van der Waals surface area contributed by atoms with E-state index in [1.54, 1.807) is 7.11 Å². The van der Waals surface area contributed by atoms with E-state index in [2.05, 4.69) is 30.0 Å². The SMILES string of the molecule is COc1ccccc1C(=O)CN1c2ccccc2CC1C. The van der Waals surface area contributed by atoms with Crippen molar-refractivity contribution < 1.29 is 9.53 Å². The number of anilines is 1. The van der Waals surface area contributed by atoms with Crippen LogP contribution in [0.2, 0.25) is 0 Å². The van der Waals surface area contributed by atoms with Gasteiger partial charge in [0.25, 0.3) is 0 Å². The van der Waals surface area contributed by atoms with Crippen LogP contribution in [0, 0.1) is 0 Å². The third-order valence-corrected chi connectivity index (χ3v) is 4.07. The fourth-order valence-electron chi connectivity index (χ4n) is 2.99. The Hall–Kier alpha value is -2.29. The number of ether oxygens (including phenoxy) is 1. The van der Waals surface area contributed by atoms with Gasteiger partial charge in [-0.2, -0.15) is 0 Å². The van der Waals surface area contributed by atoms with E-state index in [0.717, 1.165) is 6.42 Å². The van der Waals surface area contributed by atoms with Gasteiger partial charge in [0.1, 0.15) is 5.75 Å². The average Bonchev–Trinajstić information content (AvgIpc) is 2.83. The minimum absolute atomic E-state index is 0.0935. The van der Waals surface area contributed by atoms with Gasteiger partial charge in [0.2, 0.25) is 0 Å². The highest BCUT2D eigenvalue weighted by atomic mass is 16.5. The second kappa shape index (κ2) is 5.60. The summed E-state index contributed by atoms with van der Waals surface area (Å²) < 4.78 is 5.29. The van der Waals surface area contributed by atoms with Gasteiger partial charge in [-0.3, -0.25) is 4.79 Å². The molecule has 0 spiro atoms. The van der Waals surface area contributed by atoms with E-state index in [1.807, 2.05) is 30.3 Å². The van der Waals surface area contributed by atoms with Gasteiger partial charge >= 0.3 is 0 Å². The molecule has 3 nitrogen and oxygen atoms in total. The Morgan fingerprint density at radius 3 is 2.71 bits per heavy atom. The lowest BCUT2D eigenvalue weighted by Gasteiger charge is -2.24. The number of carbonyl (C=O) groups is 1. The second-order valence-corrected chi connectivity index (χ2v) is 5.43. The summed E-state index contributed by atoms with van der Waals surface area (Å²) in [7, 11) is 1.60. The van der Waals surface area contributed by atoms with Crippen LogP contribution in [0.15, 0.2) is 48.5 Å². The summed E-state index contributed by atoms with van der Waals surface area (Å²) in [5, 5.41) is 0. The molecule has 0 aliphatic carbocycles. The number of ketones is 1. The van der Waals surface area contributed by atoms with Gasteiger partial charge in [-0.15, -0.1) is 0 Å². The molecule has 0 aromatic heterocycles. The molecule has 1 atom stereocenters. The van der Waals surface area contributed by atoms with Crippen molar-refractivity contribution in [3.05, 3.63) is 59.7 Å². The predicted molar refractivity (Wildman–Crippen MR) is 84.3 cm³/mol. The number of benzene rings is 2. The molecule has 0 amide bonds. The highest BCUT2D eigenvalue weighted by Gasteiger charge is 2.27. The molecule has 3 heteroatoms. The minimum atomic E-state index is 0.0935. The molecule has 21 heavy (non-hydrogen) atoms. The van der Waals surface area contributed by atoms with Crippen molar-refractivity contribution in [1.29, 1.82) is 0 Å². The van der Waals surface area contributed by atoms with Crippen LogP contribution < -0.4 is 9.64 Å². The molecule has 0 N–H and O–H groups in total. The lowest BCUT2D eigenvalue weighted by atomic mass is 10.1. The van der Waals surface area contributed by atoms with Crippen molar-refractivity contribution >= 4 is 11.5 Å². The fourth-order valence-corrected chi connectivity index (χ4v) is 2.99. The molecule has 1 heterocycles. The number of nitrogens with zero attached hydrogens (tertiary/aromatic N) is 1. The van der Waals surface area contributed by atoms with Crippen LogP contribution in [0.5, 0.6) is 5.75 Å². The molecule has 0 saturated carbocycles. The molecule has 0 fully saturated rings. The van der Waals surface area contributed by atoms with E-state index in [4.69, 9.17) is 4.74 Å². The molecule has 0 saturated heterocycles. The van der Waals surface area contributed by atoms with Crippen LogP contribution in [0.4, 0.5) is 5.69 Å². The van der Waals surface area contributed by atoms with Crippen LogP contribution in [0.1, 0.15) is 22.8 Å². The summed E-state index contributed by atoms with van der Waals surface area (Å²) in [6.45, 7) is 2.55. The number of carbonyl (C=O) groups excluding carboxylic acids is 1. The highest BCUT2D eigenvalue weighted by Crippen LogP contribution is 2.32. The monoisotopic (exact) mass is 281 g/mol. The van der Waals surface area contributed by atoms with Gasteiger partial charge in [-0.05, 0) is 37.1 Å². The van der Waals surface area contributed by atoms with Crippen molar-refractivity contribution in [2.24, 2.45) is 0 Å². The Morgan fingerprint density at radius 1 is 1.19 bits per heavy atom. The third kappa shape index (κ3) is 2.51. The number of hydrogen-bond donors (Lipinski definition) is 0. The number of para-hydroxylation sites is 2. The van der Waals surface area contributed by atoms with Crippen LogP contribution >= 0.6 is 0 Å². The molecular weight excluding hydrogens is 262 g/mol. The maximum atomic E-state index is 12.6. The first-order valence-corrected chi connectivity index (χ1v) is 7.21. The zero-order chi connectivity index (χ0) is 14.8. The van der Waals surface area contributed by atoms with Crippen molar-refractivity contribution in [1.82, 2.24) is 0 Å². The summed E-state index contributed by atoms with van der Waals surface area (Å²) in [6, 6.07) is 16.1.